The molecule has 0 fully saturated rings. The van der Waals surface area contributed by atoms with Gasteiger partial charge < -0.3 is 13.9 Å². The molecular weight excluding hydrogens is 284 g/mol. The minimum absolute atomic E-state index is 0.211. The molecule has 4 rings (SSSR count). The maximum atomic E-state index is 12.3. The number of H-pyrrole nitrogens is 1. The fourth-order valence-corrected chi connectivity index (χ4v) is 2.50. The first kappa shape index (κ1) is 12.7. The SMILES string of the molecule is O=C(Nc1n[nH]c(-c2ccco2)n1)N1CCn2cccc2C1. The fourth-order valence-electron chi connectivity index (χ4n) is 2.50. The molecular formula is C14H14N6O2. The summed E-state index contributed by atoms with van der Waals surface area (Å²) in [5, 5.41) is 9.42. The minimum Gasteiger partial charge on any atom is -0.461 e. The van der Waals surface area contributed by atoms with Gasteiger partial charge >= 0.3 is 6.03 Å². The molecule has 0 atom stereocenters. The number of nitrogens with one attached hydrogen (secondary N) is 2. The summed E-state index contributed by atoms with van der Waals surface area (Å²) < 4.78 is 7.37. The number of anilines is 1. The topological polar surface area (TPSA) is 92.0 Å². The molecule has 3 aromatic heterocycles. The van der Waals surface area contributed by atoms with Crippen molar-refractivity contribution < 1.29 is 9.21 Å². The zero-order chi connectivity index (χ0) is 14.9. The maximum Gasteiger partial charge on any atom is 0.324 e. The standard InChI is InChI=1S/C14H14N6O2/c21-14(20-7-6-19-5-1-3-10(19)9-20)16-13-15-12(17-18-13)11-4-2-8-22-11/h1-5,8H,6-7,9H2,(H2,15,16,17,18,21). The zero-order valence-electron chi connectivity index (χ0n) is 11.7. The van der Waals surface area contributed by atoms with E-state index in [-0.39, 0.29) is 12.0 Å². The lowest BCUT2D eigenvalue weighted by Crippen LogP contribution is -2.40. The predicted molar refractivity (Wildman–Crippen MR) is 77.9 cm³/mol. The van der Waals surface area contributed by atoms with Gasteiger partial charge in [0.05, 0.1) is 12.8 Å². The summed E-state index contributed by atoms with van der Waals surface area (Å²) in [4.78, 5) is 18.2. The van der Waals surface area contributed by atoms with Gasteiger partial charge in [-0.2, -0.15) is 4.98 Å². The van der Waals surface area contributed by atoms with Crippen LogP contribution >= 0.6 is 0 Å². The number of aromatic amines is 1. The van der Waals surface area contributed by atoms with Crippen LogP contribution in [0.25, 0.3) is 11.6 Å². The third kappa shape index (κ3) is 2.24. The van der Waals surface area contributed by atoms with E-state index in [0.717, 1.165) is 12.2 Å². The molecule has 8 nitrogen and oxygen atoms in total. The molecule has 0 spiro atoms. The number of carbonyl (C=O) groups is 1. The van der Waals surface area contributed by atoms with Crippen molar-refractivity contribution in [3.63, 3.8) is 0 Å². The van der Waals surface area contributed by atoms with Crippen molar-refractivity contribution in [1.82, 2.24) is 24.6 Å². The van der Waals surface area contributed by atoms with Crippen LogP contribution in [0.3, 0.4) is 0 Å². The minimum atomic E-state index is -0.211. The third-order valence-electron chi connectivity index (χ3n) is 3.63. The van der Waals surface area contributed by atoms with Gasteiger partial charge in [-0.05, 0) is 24.3 Å². The molecule has 0 radical (unpaired) electrons. The largest absolute Gasteiger partial charge is 0.461 e. The van der Waals surface area contributed by atoms with Crippen LogP contribution in [-0.2, 0) is 13.1 Å². The molecule has 0 bridgehead atoms. The quantitative estimate of drug-likeness (QED) is 0.756. The number of hydrogen-bond acceptors (Lipinski definition) is 4. The lowest BCUT2D eigenvalue weighted by Gasteiger charge is -2.28. The van der Waals surface area contributed by atoms with Crippen molar-refractivity contribution in [2.24, 2.45) is 0 Å². The molecule has 0 unspecified atom stereocenters. The first-order chi connectivity index (χ1) is 10.8. The van der Waals surface area contributed by atoms with Crippen LogP contribution < -0.4 is 5.32 Å². The maximum absolute atomic E-state index is 12.3. The smallest absolute Gasteiger partial charge is 0.324 e. The molecule has 1 aliphatic rings. The van der Waals surface area contributed by atoms with Crippen LogP contribution in [0.4, 0.5) is 10.7 Å². The molecule has 1 aliphatic heterocycles. The van der Waals surface area contributed by atoms with Gasteiger partial charge in [0.15, 0.2) is 11.6 Å². The van der Waals surface area contributed by atoms with Gasteiger partial charge in [0.1, 0.15) is 0 Å². The second-order valence-electron chi connectivity index (χ2n) is 5.03. The highest BCUT2D eigenvalue weighted by Crippen LogP contribution is 2.17. The molecule has 22 heavy (non-hydrogen) atoms. The van der Waals surface area contributed by atoms with Gasteiger partial charge in [0, 0.05) is 25.0 Å². The Balaban J connectivity index is 1.44. The number of urea groups is 1. The Kier molecular flexibility index (Phi) is 2.92. The Morgan fingerprint density at radius 2 is 2.27 bits per heavy atom. The number of aromatic nitrogens is 4. The van der Waals surface area contributed by atoms with Crippen LogP contribution in [0.15, 0.2) is 41.1 Å². The second-order valence-corrected chi connectivity index (χ2v) is 5.03. The highest BCUT2D eigenvalue weighted by Gasteiger charge is 2.21. The van der Waals surface area contributed by atoms with Crippen LogP contribution in [0.1, 0.15) is 5.69 Å². The number of hydrogen-bond donors (Lipinski definition) is 2. The van der Waals surface area contributed by atoms with E-state index >= 15 is 0 Å². The summed E-state index contributed by atoms with van der Waals surface area (Å²) in [6.07, 6.45) is 3.58. The highest BCUT2D eigenvalue weighted by molar-refractivity contribution is 5.87. The molecule has 0 aromatic carbocycles. The van der Waals surface area contributed by atoms with E-state index in [9.17, 15) is 4.79 Å². The number of carbonyl (C=O) groups excluding carboxylic acids is 1. The average Bonchev–Trinajstić information content (AvgIpc) is 3.27. The van der Waals surface area contributed by atoms with E-state index in [2.05, 4.69) is 25.1 Å². The Labute approximate surface area is 125 Å². The molecule has 2 N–H and O–H groups in total. The van der Waals surface area contributed by atoms with Crippen LogP contribution in [0.2, 0.25) is 0 Å². The van der Waals surface area contributed by atoms with Crippen molar-refractivity contribution in [3.05, 3.63) is 42.4 Å². The van der Waals surface area contributed by atoms with E-state index < -0.39 is 0 Å². The fraction of sp³-hybridized carbons (Fsp3) is 0.214. The average molecular weight is 298 g/mol. The third-order valence-corrected chi connectivity index (χ3v) is 3.63. The molecule has 4 heterocycles. The van der Waals surface area contributed by atoms with Gasteiger partial charge in [-0.25, -0.2) is 4.79 Å². The molecule has 2 amide bonds. The predicted octanol–water partition coefficient (Wildman–Crippen LogP) is 1.91. The molecule has 0 saturated heterocycles. The monoisotopic (exact) mass is 298 g/mol. The van der Waals surface area contributed by atoms with E-state index in [1.807, 2.05) is 18.3 Å². The van der Waals surface area contributed by atoms with E-state index in [1.54, 1.807) is 23.3 Å². The van der Waals surface area contributed by atoms with Gasteiger partial charge in [-0.1, -0.05) is 0 Å². The molecule has 0 saturated carbocycles. The van der Waals surface area contributed by atoms with Crippen molar-refractivity contribution in [1.29, 1.82) is 0 Å². The molecule has 8 heteroatoms. The number of rotatable bonds is 2. The van der Waals surface area contributed by atoms with Gasteiger partial charge in [-0.3, -0.25) is 10.4 Å². The normalized spacial score (nSPS) is 13.9. The zero-order valence-corrected chi connectivity index (χ0v) is 11.7. The van der Waals surface area contributed by atoms with Crippen LogP contribution in [0, 0.1) is 0 Å². The summed E-state index contributed by atoms with van der Waals surface area (Å²) in [7, 11) is 0. The molecule has 3 aromatic rings. The first-order valence-electron chi connectivity index (χ1n) is 6.96. The second kappa shape index (κ2) is 5.06. The summed E-state index contributed by atoms with van der Waals surface area (Å²) in [6.45, 7) is 2.03. The van der Waals surface area contributed by atoms with Crippen molar-refractivity contribution in [3.8, 4) is 11.6 Å². The summed E-state index contributed by atoms with van der Waals surface area (Å²) in [6, 6.07) is 7.32. The van der Waals surface area contributed by atoms with E-state index in [1.165, 1.54) is 0 Å². The highest BCUT2D eigenvalue weighted by atomic mass is 16.3. The van der Waals surface area contributed by atoms with Crippen molar-refractivity contribution in [2.75, 3.05) is 11.9 Å². The Hall–Kier alpha value is -3.03. The van der Waals surface area contributed by atoms with Gasteiger partial charge in [0.2, 0.25) is 0 Å². The first-order valence-corrected chi connectivity index (χ1v) is 6.96. The Bertz CT molecular complexity index is 788. The van der Waals surface area contributed by atoms with Gasteiger partial charge in [-0.15, -0.1) is 5.10 Å². The van der Waals surface area contributed by atoms with Crippen molar-refractivity contribution >= 4 is 12.0 Å². The number of fused-ring (bicyclic) bond motifs is 1. The Morgan fingerprint density at radius 1 is 1.32 bits per heavy atom. The van der Waals surface area contributed by atoms with E-state index in [4.69, 9.17) is 4.42 Å². The lowest BCUT2D eigenvalue weighted by molar-refractivity contribution is 0.197. The van der Waals surface area contributed by atoms with Crippen molar-refractivity contribution in [2.45, 2.75) is 13.1 Å². The summed E-state index contributed by atoms with van der Waals surface area (Å²) >= 11 is 0. The van der Waals surface area contributed by atoms with Crippen LogP contribution in [0.5, 0.6) is 0 Å². The lowest BCUT2D eigenvalue weighted by atomic mass is 10.3. The molecule has 0 aliphatic carbocycles. The number of nitrogens with zero attached hydrogens (tertiary/aromatic N) is 4. The summed E-state index contributed by atoms with van der Waals surface area (Å²) in [5.74, 6) is 1.29. The molecule has 112 valence electrons. The number of furan rings is 1. The van der Waals surface area contributed by atoms with Gasteiger partial charge in [0.25, 0.3) is 5.95 Å². The van der Waals surface area contributed by atoms with Crippen LogP contribution in [-0.4, -0.2) is 37.2 Å². The van der Waals surface area contributed by atoms with E-state index in [0.29, 0.717) is 24.7 Å². The number of amides is 2. The summed E-state index contributed by atoms with van der Waals surface area (Å²) in [5.41, 5.74) is 1.12. The Morgan fingerprint density at radius 3 is 3.14 bits per heavy atom.